The maximum absolute atomic E-state index is 5.05. The fraction of sp³-hybridized carbons (Fsp3) is 0.0286. The van der Waals surface area contributed by atoms with Crippen molar-refractivity contribution in [1.29, 1.82) is 0 Å². The smallest absolute Gasteiger partial charge is 0.0541 e. The Hall–Kier alpha value is -4.80. The molecule has 1 unspecified atom stereocenters. The molecule has 0 saturated carbocycles. The molecule has 0 spiro atoms. The lowest BCUT2D eigenvalue weighted by Crippen LogP contribution is -2.10. The minimum absolute atomic E-state index is 0.0936. The van der Waals surface area contributed by atoms with E-state index in [1.54, 1.807) is 0 Å². The molecule has 9 rings (SSSR count). The number of nitrogens with zero attached hydrogens (tertiary/aromatic N) is 3. The molecule has 0 bridgehead atoms. The Morgan fingerprint density at radius 1 is 0.564 bits per heavy atom. The van der Waals surface area contributed by atoms with Crippen LogP contribution in [0.1, 0.15) is 16.6 Å². The van der Waals surface area contributed by atoms with Gasteiger partial charge in [-0.15, -0.1) is 11.3 Å². The summed E-state index contributed by atoms with van der Waals surface area (Å²) in [5.74, 6) is 0. The summed E-state index contributed by atoms with van der Waals surface area (Å²) >= 11 is 1.86. The molecule has 4 heterocycles. The van der Waals surface area contributed by atoms with Gasteiger partial charge in [0.05, 0.1) is 11.0 Å². The SMILES string of the molecule is C1=Cc2c(sc3ccc(-n4c5ccccc5c5ccccc54)cc23)C(n2c3ccccc3c3ccccc32)[N-]1. The predicted octanol–water partition coefficient (Wildman–Crippen LogP) is 10.0. The molecule has 0 aliphatic carbocycles. The average Bonchev–Trinajstić information content (AvgIpc) is 3.65. The van der Waals surface area contributed by atoms with E-state index >= 15 is 0 Å². The lowest BCUT2D eigenvalue weighted by molar-refractivity contribution is 0.741. The lowest BCUT2D eigenvalue weighted by Gasteiger charge is -2.35. The van der Waals surface area contributed by atoms with Gasteiger partial charge in [0.25, 0.3) is 0 Å². The van der Waals surface area contributed by atoms with Crippen molar-refractivity contribution in [3.05, 3.63) is 137 Å². The maximum Gasteiger partial charge on any atom is 0.0541 e. The molecule has 0 N–H and O–H groups in total. The highest BCUT2D eigenvalue weighted by Gasteiger charge is 2.21. The maximum atomic E-state index is 5.05. The molecule has 4 heteroatoms. The van der Waals surface area contributed by atoms with Gasteiger partial charge in [0, 0.05) is 53.2 Å². The van der Waals surface area contributed by atoms with Gasteiger partial charge in [-0.2, -0.15) is 6.20 Å². The largest absolute Gasteiger partial charge is 0.667 e. The Labute approximate surface area is 228 Å². The van der Waals surface area contributed by atoms with Crippen molar-refractivity contribution in [2.24, 2.45) is 0 Å². The number of rotatable bonds is 2. The van der Waals surface area contributed by atoms with Crippen LogP contribution >= 0.6 is 11.3 Å². The molecule has 5 aromatic carbocycles. The van der Waals surface area contributed by atoms with E-state index in [0.717, 1.165) is 0 Å². The van der Waals surface area contributed by atoms with Gasteiger partial charge in [0.2, 0.25) is 0 Å². The van der Waals surface area contributed by atoms with Crippen LogP contribution in [0.3, 0.4) is 0 Å². The van der Waals surface area contributed by atoms with Crippen molar-refractivity contribution in [2.75, 3.05) is 0 Å². The summed E-state index contributed by atoms with van der Waals surface area (Å²) in [6, 6.07) is 41.7. The van der Waals surface area contributed by atoms with Crippen molar-refractivity contribution in [3.63, 3.8) is 0 Å². The monoisotopic (exact) mass is 516 g/mol. The highest BCUT2D eigenvalue weighted by atomic mass is 32.1. The van der Waals surface area contributed by atoms with Crippen molar-refractivity contribution in [2.45, 2.75) is 6.17 Å². The number of aromatic nitrogens is 2. The molecule has 0 amide bonds. The summed E-state index contributed by atoms with van der Waals surface area (Å²) < 4.78 is 6.10. The van der Waals surface area contributed by atoms with E-state index in [1.807, 2.05) is 17.5 Å². The molecule has 184 valence electrons. The summed E-state index contributed by atoms with van der Waals surface area (Å²) in [5.41, 5.74) is 7.37. The van der Waals surface area contributed by atoms with Crippen LogP contribution in [0, 0.1) is 0 Å². The van der Waals surface area contributed by atoms with Crippen LogP contribution in [0.15, 0.2) is 121 Å². The van der Waals surface area contributed by atoms with Crippen molar-refractivity contribution in [3.8, 4) is 5.69 Å². The predicted molar refractivity (Wildman–Crippen MR) is 166 cm³/mol. The fourth-order valence-corrected chi connectivity index (χ4v) is 7.71. The van der Waals surface area contributed by atoms with E-state index in [2.05, 4.69) is 130 Å². The molecule has 0 fully saturated rings. The zero-order chi connectivity index (χ0) is 25.5. The number of hydrogen-bond donors (Lipinski definition) is 0. The van der Waals surface area contributed by atoms with Crippen LogP contribution < -0.4 is 0 Å². The first-order valence-corrected chi connectivity index (χ1v) is 14.1. The molecule has 3 aromatic heterocycles. The van der Waals surface area contributed by atoms with Crippen molar-refractivity contribution in [1.82, 2.24) is 9.13 Å². The Bertz CT molecular complexity index is 2170. The number of hydrogen-bond acceptors (Lipinski definition) is 1. The number of fused-ring (bicyclic) bond motifs is 9. The summed E-state index contributed by atoms with van der Waals surface area (Å²) in [7, 11) is 0. The molecular formula is C35H22N3S-. The lowest BCUT2D eigenvalue weighted by atomic mass is 10.1. The Balaban J connectivity index is 1.29. The third-order valence-corrected chi connectivity index (χ3v) is 9.37. The average molecular weight is 517 g/mol. The molecule has 1 aliphatic rings. The third kappa shape index (κ3) is 2.87. The van der Waals surface area contributed by atoms with E-state index in [1.165, 1.54) is 69.8 Å². The van der Waals surface area contributed by atoms with Gasteiger partial charge < -0.3 is 14.5 Å². The molecule has 8 aromatic rings. The second-order valence-electron chi connectivity index (χ2n) is 10.2. The molecule has 1 aliphatic heterocycles. The Kier molecular flexibility index (Phi) is 4.26. The zero-order valence-corrected chi connectivity index (χ0v) is 21.8. The van der Waals surface area contributed by atoms with Gasteiger partial charge in [-0.25, -0.2) is 0 Å². The van der Waals surface area contributed by atoms with E-state index < -0.39 is 0 Å². The number of benzene rings is 5. The van der Waals surface area contributed by atoms with Gasteiger partial charge >= 0.3 is 0 Å². The van der Waals surface area contributed by atoms with Gasteiger partial charge in [-0.05, 0) is 54.2 Å². The van der Waals surface area contributed by atoms with E-state index in [9.17, 15) is 0 Å². The molecule has 39 heavy (non-hydrogen) atoms. The summed E-state index contributed by atoms with van der Waals surface area (Å²) in [5, 5.41) is 11.4. The molecule has 1 atom stereocenters. The molecule has 3 nitrogen and oxygen atoms in total. The zero-order valence-electron chi connectivity index (χ0n) is 21.0. The van der Waals surface area contributed by atoms with Crippen LogP contribution in [-0.2, 0) is 0 Å². The second-order valence-corrected chi connectivity index (χ2v) is 11.3. The molecule has 0 radical (unpaired) electrons. The first-order chi connectivity index (χ1) is 19.4. The minimum atomic E-state index is -0.0936. The normalized spacial score (nSPS) is 15.0. The van der Waals surface area contributed by atoms with Crippen LogP contribution in [0.25, 0.3) is 70.8 Å². The Morgan fingerprint density at radius 2 is 1.10 bits per heavy atom. The molecular weight excluding hydrogens is 494 g/mol. The van der Waals surface area contributed by atoms with Crippen molar-refractivity contribution < 1.29 is 0 Å². The first-order valence-electron chi connectivity index (χ1n) is 13.3. The number of para-hydroxylation sites is 4. The van der Waals surface area contributed by atoms with Crippen LogP contribution in [0.2, 0.25) is 0 Å². The summed E-state index contributed by atoms with van der Waals surface area (Å²) in [6.07, 6.45) is 4.09. The fourth-order valence-electron chi connectivity index (χ4n) is 6.49. The highest BCUT2D eigenvalue weighted by molar-refractivity contribution is 7.19. The van der Waals surface area contributed by atoms with E-state index in [-0.39, 0.29) is 6.17 Å². The minimum Gasteiger partial charge on any atom is -0.667 e. The van der Waals surface area contributed by atoms with Gasteiger partial charge in [-0.3, -0.25) is 0 Å². The second kappa shape index (κ2) is 7.85. The first kappa shape index (κ1) is 21.2. The van der Waals surface area contributed by atoms with Crippen LogP contribution in [-0.4, -0.2) is 9.13 Å². The molecule has 0 saturated heterocycles. The standard InChI is InChI=1S/C35H22N3S/c1-5-13-29-23(9-1)24-10-2-6-14-30(24)37(29)22-17-18-33-28(21-22)27-19-20-36-35(34(27)39-33)38-31-15-7-3-11-25(31)26-12-4-8-16-32(26)38/h1-21,35H/q-1. The quantitative estimate of drug-likeness (QED) is 0.218. The summed E-state index contributed by atoms with van der Waals surface area (Å²) in [6.45, 7) is 0. The van der Waals surface area contributed by atoms with Gasteiger partial charge in [0.15, 0.2) is 0 Å². The van der Waals surface area contributed by atoms with Crippen LogP contribution in [0.5, 0.6) is 0 Å². The topological polar surface area (TPSA) is 24.0 Å². The summed E-state index contributed by atoms with van der Waals surface area (Å²) in [4.78, 5) is 1.29. The Morgan fingerprint density at radius 3 is 1.72 bits per heavy atom. The highest BCUT2D eigenvalue weighted by Crippen LogP contribution is 2.46. The van der Waals surface area contributed by atoms with E-state index in [4.69, 9.17) is 5.32 Å². The van der Waals surface area contributed by atoms with Gasteiger partial charge in [-0.1, -0.05) is 78.9 Å². The number of thiophene rings is 1. The van der Waals surface area contributed by atoms with Crippen LogP contribution in [0.4, 0.5) is 0 Å². The van der Waals surface area contributed by atoms with Crippen molar-refractivity contribution >= 4 is 71.1 Å². The third-order valence-electron chi connectivity index (χ3n) is 8.14. The van der Waals surface area contributed by atoms with E-state index in [0.29, 0.717) is 0 Å². The van der Waals surface area contributed by atoms with Gasteiger partial charge in [0.1, 0.15) is 0 Å².